The number of nitrogens with zero attached hydrogens (tertiary/aromatic N) is 4. The molecule has 11 heteroatoms. The molecule has 9 nitrogen and oxygen atoms in total. The third-order valence-electron chi connectivity index (χ3n) is 9.39. The van der Waals surface area contributed by atoms with E-state index >= 15 is 0 Å². The molecule has 1 heterocycles. The molecule has 2 aromatic carbocycles. The zero-order chi connectivity index (χ0) is 28.9. The third kappa shape index (κ3) is 4.60. The summed E-state index contributed by atoms with van der Waals surface area (Å²) in [5.74, 6) is 0.452. The summed E-state index contributed by atoms with van der Waals surface area (Å²) < 4.78 is 48.8. The monoisotopic (exact) mass is 584 g/mol. The Balaban J connectivity index is 1.50. The van der Waals surface area contributed by atoms with Gasteiger partial charge in [0.1, 0.15) is 6.07 Å². The van der Waals surface area contributed by atoms with Gasteiger partial charge in [-0.1, -0.05) is 36.8 Å². The maximum atomic E-state index is 14.0. The van der Waals surface area contributed by atoms with E-state index in [4.69, 9.17) is 0 Å². The van der Waals surface area contributed by atoms with Crippen molar-refractivity contribution >= 4 is 29.5 Å². The molecule has 3 fully saturated rings. The molecule has 1 aliphatic heterocycles. The van der Waals surface area contributed by atoms with Gasteiger partial charge in [0.15, 0.2) is 0 Å². The van der Waals surface area contributed by atoms with E-state index in [0.29, 0.717) is 31.0 Å². The number of benzene rings is 2. The minimum atomic E-state index is -4.66. The Morgan fingerprint density at radius 3 is 2.17 bits per heavy atom. The molecule has 2 aliphatic carbocycles. The van der Waals surface area contributed by atoms with Gasteiger partial charge in [-0.25, -0.2) is 21.6 Å². The molecule has 0 N–H and O–H groups in total. The van der Waals surface area contributed by atoms with Crippen LogP contribution in [0.4, 0.5) is 10.5 Å². The number of carbonyl (C=O) groups excluding carboxylic acids is 1. The van der Waals surface area contributed by atoms with Crippen molar-refractivity contribution in [1.29, 1.82) is 5.26 Å². The first-order valence-corrected chi connectivity index (χ1v) is 17.6. The average Bonchev–Trinajstić information content (AvgIpc) is 3.16. The van der Waals surface area contributed by atoms with Gasteiger partial charge >= 0.3 is 6.03 Å². The molecule has 2 saturated carbocycles. The summed E-state index contributed by atoms with van der Waals surface area (Å²) in [6.45, 7) is 1.06. The Kier molecular flexibility index (Phi) is 7.26. The number of rotatable bonds is 7. The molecular weight excluding hydrogens is 548 g/mol. The number of hydrogen-bond donors (Lipinski definition) is 0. The highest BCUT2D eigenvalue weighted by molar-refractivity contribution is 8.66. The normalized spacial score (nSPS) is 25.8. The highest BCUT2D eigenvalue weighted by Crippen LogP contribution is 2.50. The van der Waals surface area contributed by atoms with Gasteiger partial charge in [0.2, 0.25) is 0 Å². The summed E-state index contributed by atoms with van der Waals surface area (Å²) >= 11 is 0. The molecule has 214 valence electrons. The Hall–Kier alpha value is -2.94. The predicted molar refractivity (Wildman–Crippen MR) is 153 cm³/mol. The molecule has 0 unspecified atom stereocenters. The Labute approximate surface area is 236 Å². The fourth-order valence-electron chi connectivity index (χ4n) is 6.66. The van der Waals surface area contributed by atoms with E-state index < -0.39 is 28.2 Å². The van der Waals surface area contributed by atoms with Crippen LogP contribution in [0, 0.1) is 17.2 Å². The van der Waals surface area contributed by atoms with Crippen molar-refractivity contribution in [3.05, 3.63) is 59.7 Å². The largest absolute Gasteiger partial charge is 0.325 e. The summed E-state index contributed by atoms with van der Waals surface area (Å²) in [5, 5.41) is 9.92. The Bertz CT molecular complexity index is 1550. The molecule has 40 heavy (non-hydrogen) atoms. The first kappa shape index (κ1) is 28.6. The lowest BCUT2D eigenvalue weighted by atomic mass is 9.68. The zero-order valence-corrected chi connectivity index (χ0v) is 24.8. The Morgan fingerprint density at radius 1 is 1.00 bits per heavy atom. The van der Waals surface area contributed by atoms with Gasteiger partial charge in [0.05, 0.1) is 34.5 Å². The lowest BCUT2D eigenvalue weighted by Crippen LogP contribution is -2.56. The van der Waals surface area contributed by atoms with Crippen molar-refractivity contribution < 1.29 is 21.6 Å². The minimum absolute atomic E-state index is 0.0403. The number of nitriles is 1. The van der Waals surface area contributed by atoms with Crippen molar-refractivity contribution in [2.24, 2.45) is 5.92 Å². The number of amides is 2. The molecular formula is C29H36N4O5S2. The van der Waals surface area contributed by atoms with E-state index in [1.807, 2.05) is 17.0 Å². The van der Waals surface area contributed by atoms with Gasteiger partial charge in [-0.05, 0) is 82.3 Å². The molecule has 0 atom stereocenters. The topological polar surface area (TPSA) is 119 Å². The predicted octanol–water partition coefficient (Wildman–Crippen LogP) is 4.10. The first-order chi connectivity index (χ1) is 18.8. The van der Waals surface area contributed by atoms with Crippen LogP contribution in [0.15, 0.2) is 53.4 Å². The molecule has 1 spiro atoms. The second-order valence-corrected chi connectivity index (χ2v) is 17.7. The van der Waals surface area contributed by atoms with Crippen LogP contribution in [0.25, 0.3) is 0 Å². The van der Waals surface area contributed by atoms with Crippen molar-refractivity contribution in [2.45, 2.75) is 60.9 Å². The highest BCUT2D eigenvalue weighted by Gasteiger charge is 2.55. The molecule has 2 amide bonds. The standard InChI is InChI=1S/C29H36N4O5S2/c1-31(2)29(24-10-5-4-6-11-24)16-14-28(15-17-29)21-32(27(34)33(28)20-22-8-7-9-22)26-13-12-25(18-23(26)19-30)40(37,38)39(3,35)36/h4-6,10-13,18,22H,7-9,14-17,20-21H2,1-3H3. The Morgan fingerprint density at radius 2 is 1.65 bits per heavy atom. The molecule has 1 saturated heterocycles. The molecule has 2 aromatic rings. The van der Waals surface area contributed by atoms with Crippen molar-refractivity contribution in [1.82, 2.24) is 9.80 Å². The fourth-order valence-corrected chi connectivity index (χ4v) is 8.87. The molecule has 0 radical (unpaired) electrons. The van der Waals surface area contributed by atoms with Gasteiger partial charge < -0.3 is 4.90 Å². The zero-order valence-electron chi connectivity index (χ0n) is 23.2. The summed E-state index contributed by atoms with van der Waals surface area (Å²) in [5.41, 5.74) is 0.968. The summed E-state index contributed by atoms with van der Waals surface area (Å²) in [6.07, 6.45) is 7.28. The summed E-state index contributed by atoms with van der Waals surface area (Å²) in [7, 11) is -4.88. The summed E-state index contributed by atoms with van der Waals surface area (Å²) in [4.78, 5) is 19.5. The van der Waals surface area contributed by atoms with Gasteiger partial charge in [-0.2, -0.15) is 5.26 Å². The van der Waals surface area contributed by atoms with Gasteiger partial charge in [0.25, 0.3) is 17.7 Å². The number of urea groups is 1. The van der Waals surface area contributed by atoms with Crippen LogP contribution < -0.4 is 4.90 Å². The smallest absolute Gasteiger partial charge is 0.317 e. The second kappa shape index (κ2) is 10.2. The van der Waals surface area contributed by atoms with Crippen molar-refractivity contribution in [2.75, 3.05) is 38.3 Å². The van der Waals surface area contributed by atoms with Crippen molar-refractivity contribution in [3.63, 3.8) is 0 Å². The average molecular weight is 585 g/mol. The van der Waals surface area contributed by atoms with Crippen LogP contribution in [-0.2, 0) is 23.3 Å². The maximum Gasteiger partial charge on any atom is 0.325 e. The SMILES string of the molecule is CN(C)C1(c2ccccc2)CCC2(CC1)CN(c1ccc(S(=O)(=O)S(C)(=O)=O)cc1C#N)C(=O)N2CC1CCC1. The van der Waals surface area contributed by atoms with Crippen LogP contribution in [-0.4, -0.2) is 71.6 Å². The van der Waals surface area contributed by atoms with E-state index in [1.165, 1.54) is 17.7 Å². The summed E-state index contributed by atoms with van der Waals surface area (Å²) in [6, 6.07) is 15.9. The highest BCUT2D eigenvalue weighted by atomic mass is 33.2. The number of hydrogen-bond acceptors (Lipinski definition) is 7. The lowest BCUT2D eigenvalue weighted by Gasteiger charge is -2.51. The first-order valence-electron chi connectivity index (χ1n) is 13.7. The quantitative estimate of drug-likeness (QED) is 0.450. The van der Waals surface area contributed by atoms with E-state index in [-0.39, 0.29) is 17.1 Å². The van der Waals surface area contributed by atoms with E-state index in [0.717, 1.165) is 51.0 Å². The van der Waals surface area contributed by atoms with Crippen LogP contribution >= 0.6 is 0 Å². The number of anilines is 1. The van der Waals surface area contributed by atoms with E-state index in [9.17, 15) is 26.9 Å². The van der Waals surface area contributed by atoms with Crippen LogP contribution in [0.2, 0.25) is 0 Å². The molecule has 3 aliphatic rings. The van der Waals surface area contributed by atoms with Gasteiger partial charge in [-0.3, -0.25) is 9.80 Å². The van der Waals surface area contributed by atoms with Gasteiger partial charge in [0, 0.05) is 12.1 Å². The number of carbonyl (C=O) groups is 1. The van der Waals surface area contributed by atoms with E-state index in [2.05, 4.69) is 43.3 Å². The molecule has 0 aromatic heterocycles. The van der Waals surface area contributed by atoms with Crippen LogP contribution in [0.5, 0.6) is 0 Å². The third-order valence-corrected chi connectivity index (χ3v) is 14.0. The van der Waals surface area contributed by atoms with Crippen LogP contribution in [0.1, 0.15) is 56.1 Å². The molecule has 5 rings (SSSR count). The van der Waals surface area contributed by atoms with E-state index in [1.54, 1.807) is 4.90 Å². The fraction of sp³-hybridized carbons (Fsp3) is 0.517. The van der Waals surface area contributed by atoms with Crippen LogP contribution in [0.3, 0.4) is 0 Å². The minimum Gasteiger partial charge on any atom is -0.317 e. The van der Waals surface area contributed by atoms with Gasteiger partial charge in [-0.15, -0.1) is 0 Å². The van der Waals surface area contributed by atoms with Crippen molar-refractivity contribution in [3.8, 4) is 6.07 Å². The maximum absolute atomic E-state index is 14.0. The molecule has 0 bridgehead atoms. The second-order valence-electron chi connectivity index (χ2n) is 11.7. The lowest BCUT2D eigenvalue weighted by molar-refractivity contribution is 0.0172.